The van der Waals surface area contributed by atoms with E-state index < -0.39 is 0 Å². The normalized spacial score (nSPS) is 20.0. The average Bonchev–Trinajstić information content (AvgIpc) is 3.19. The van der Waals surface area contributed by atoms with Crippen LogP contribution < -0.4 is 4.74 Å². The van der Waals surface area contributed by atoms with Gasteiger partial charge in [0.2, 0.25) is 6.23 Å². The van der Waals surface area contributed by atoms with Crippen LogP contribution >= 0.6 is 27.5 Å². The van der Waals surface area contributed by atoms with Crippen molar-refractivity contribution in [2.24, 2.45) is 5.10 Å². The van der Waals surface area contributed by atoms with Gasteiger partial charge in [-0.05, 0) is 46.9 Å². The summed E-state index contributed by atoms with van der Waals surface area (Å²) >= 11 is 9.71. The Kier molecular flexibility index (Phi) is 5.10. The van der Waals surface area contributed by atoms with E-state index in [1.54, 1.807) is 0 Å². The van der Waals surface area contributed by atoms with Crippen LogP contribution in [-0.2, 0) is 5.41 Å². The van der Waals surface area contributed by atoms with E-state index in [9.17, 15) is 0 Å². The van der Waals surface area contributed by atoms with Crippen molar-refractivity contribution >= 4 is 33.2 Å². The Morgan fingerprint density at radius 1 is 1.00 bits per heavy atom. The van der Waals surface area contributed by atoms with Gasteiger partial charge < -0.3 is 4.74 Å². The molecule has 0 spiro atoms. The molecule has 2 atom stereocenters. The number of nitrogens with zero attached hydrogens (tertiary/aromatic N) is 2. The highest BCUT2D eigenvalue weighted by Crippen LogP contribution is 2.48. The lowest BCUT2D eigenvalue weighted by Crippen LogP contribution is -2.33. The number of halogens is 2. The Morgan fingerprint density at radius 2 is 1.71 bits per heavy atom. The SMILES string of the molecule is CC(C)(C)c1ccc([C@H]2Oc3ccc(Br)cc3[C@H]3CC(c4ccc(Cl)cc4)=NN32)cc1. The molecule has 0 fully saturated rings. The van der Waals surface area contributed by atoms with E-state index in [0.29, 0.717) is 0 Å². The summed E-state index contributed by atoms with van der Waals surface area (Å²) in [6.07, 6.45) is 0.558. The molecular weight excluding hydrogens is 472 g/mol. The first-order valence-electron chi connectivity index (χ1n) is 10.5. The van der Waals surface area contributed by atoms with Gasteiger partial charge in [-0.2, -0.15) is 5.10 Å². The van der Waals surface area contributed by atoms with Crippen molar-refractivity contribution in [2.75, 3.05) is 0 Å². The van der Waals surface area contributed by atoms with Crippen molar-refractivity contribution in [3.8, 4) is 5.75 Å². The van der Waals surface area contributed by atoms with E-state index in [0.717, 1.165) is 44.1 Å². The summed E-state index contributed by atoms with van der Waals surface area (Å²) in [5, 5.41) is 7.88. The number of benzene rings is 3. The van der Waals surface area contributed by atoms with Gasteiger partial charge in [0, 0.05) is 27.0 Å². The quantitative estimate of drug-likeness (QED) is 0.365. The molecule has 0 aliphatic carbocycles. The molecule has 0 N–H and O–H groups in total. The fourth-order valence-corrected chi connectivity index (χ4v) is 4.75. The van der Waals surface area contributed by atoms with E-state index in [1.807, 2.05) is 36.4 Å². The molecule has 3 aromatic carbocycles. The molecule has 3 aromatic rings. The molecule has 3 nitrogen and oxygen atoms in total. The zero-order chi connectivity index (χ0) is 21.8. The summed E-state index contributed by atoms with van der Waals surface area (Å²) in [7, 11) is 0. The smallest absolute Gasteiger partial charge is 0.213 e. The van der Waals surface area contributed by atoms with E-state index >= 15 is 0 Å². The van der Waals surface area contributed by atoms with Crippen molar-refractivity contribution in [3.63, 3.8) is 0 Å². The highest BCUT2D eigenvalue weighted by atomic mass is 79.9. The Morgan fingerprint density at radius 3 is 2.39 bits per heavy atom. The maximum absolute atomic E-state index is 6.49. The molecule has 2 aliphatic heterocycles. The Labute approximate surface area is 196 Å². The lowest BCUT2D eigenvalue weighted by Gasteiger charge is -2.38. The molecule has 0 amide bonds. The maximum atomic E-state index is 6.49. The van der Waals surface area contributed by atoms with Crippen LogP contribution in [0.1, 0.15) is 61.7 Å². The molecule has 0 unspecified atom stereocenters. The van der Waals surface area contributed by atoms with Gasteiger partial charge in [0.1, 0.15) is 5.75 Å². The molecular formula is C26H24BrClN2O. The molecule has 5 heteroatoms. The average molecular weight is 496 g/mol. The molecule has 0 bridgehead atoms. The van der Waals surface area contributed by atoms with Crippen molar-refractivity contribution in [1.29, 1.82) is 0 Å². The fourth-order valence-electron chi connectivity index (χ4n) is 4.24. The van der Waals surface area contributed by atoms with E-state index in [-0.39, 0.29) is 17.7 Å². The van der Waals surface area contributed by atoms with Crippen molar-refractivity contribution < 1.29 is 4.74 Å². The molecule has 31 heavy (non-hydrogen) atoms. The van der Waals surface area contributed by atoms with Crippen LogP contribution in [0, 0.1) is 0 Å². The third kappa shape index (κ3) is 3.88. The van der Waals surface area contributed by atoms with Crippen molar-refractivity contribution in [1.82, 2.24) is 5.01 Å². The van der Waals surface area contributed by atoms with Crippen LogP contribution in [0.4, 0.5) is 0 Å². The second-order valence-corrected chi connectivity index (χ2v) is 10.5. The van der Waals surface area contributed by atoms with Gasteiger partial charge in [-0.25, -0.2) is 5.01 Å². The fraction of sp³-hybridized carbons (Fsp3) is 0.269. The number of fused-ring (bicyclic) bond motifs is 3. The van der Waals surface area contributed by atoms with Gasteiger partial charge in [-0.3, -0.25) is 0 Å². The molecule has 0 saturated heterocycles. The molecule has 0 saturated carbocycles. The first kappa shape index (κ1) is 20.6. The minimum atomic E-state index is -0.266. The van der Waals surface area contributed by atoms with Crippen LogP contribution in [0.5, 0.6) is 5.75 Å². The van der Waals surface area contributed by atoms with Gasteiger partial charge >= 0.3 is 0 Å². The number of hydrogen-bond acceptors (Lipinski definition) is 3. The number of rotatable bonds is 2. The van der Waals surface area contributed by atoms with E-state index in [4.69, 9.17) is 21.4 Å². The molecule has 5 rings (SSSR count). The highest BCUT2D eigenvalue weighted by Gasteiger charge is 2.41. The predicted octanol–water partition coefficient (Wildman–Crippen LogP) is 7.64. The first-order valence-corrected chi connectivity index (χ1v) is 11.6. The molecule has 2 heterocycles. The van der Waals surface area contributed by atoms with Gasteiger partial charge in [0.15, 0.2) is 0 Å². The summed E-state index contributed by atoms with van der Waals surface area (Å²) < 4.78 is 7.54. The Hall–Kier alpha value is -2.30. The summed E-state index contributed by atoms with van der Waals surface area (Å²) in [6, 6.07) is 23.0. The molecule has 2 aliphatic rings. The lowest BCUT2D eigenvalue weighted by molar-refractivity contribution is -0.0191. The Balaban J connectivity index is 1.56. The molecule has 158 valence electrons. The predicted molar refractivity (Wildman–Crippen MR) is 130 cm³/mol. The summed E-state index contributed by atoms with van der Waals surface area (Å²) in [4.78, 5) is 0. The second-order valence-electron chi connectivity index (χ2n) is 9.18. The van der Waals surface area contributed by atoms with Gasteiger partial charge in [0.25, 0.3) is 0 Å². The van der Waals surface area contributed by atoms with Crippen LogP contribution in [0.25, 0.3) is 0 Å². The van der Waals surface area contributed by atoms with Crippen LogP contribution in [0.15, 0.2) is 76.3 Å². The Bertz CT molecular complexity index is 1150. The van der Waals surface area contributed by atoms with Crippen molar-refractivity contribution in [2.45, 2.75) is 44.9 Å². The number of hydrogen-bond donors (Lipinski definition) is 0. The minimum absolute atomic E-state index is 0.112. The van der Waals surface area contributed by atoms with E-state index in [1.165, 1.54) is 5.56 Å². The largest absolute Gasteiger partial charge is 0.464 e. The van der Waals surface area contributed by atoms with Gasteiger partial charge in [0.05, 0.1) is 11.8 Å². The zero-order valence-corrected chi connectivity index (χ0v) is 20.1. The van der Waals surface area contributed by atoms with E-state index in [2.05, 4.69) is 72.0 Å². The first-order chi connectivity index (χ1) is 14.8. The maximum Gasteiger partial charge on any atom is 0.213 e. The molecule has 0 aromatic heterocycles. The van der Waals surface area contributed by atoms with Crippen LogP contribution in [0.2, 0.25) is 5.02 Å². The molecule has 0 radical (unpaired) electrons. The number of hydrazone groups is 1. The number of ether oxygens (including phenoxy) is 1. The van der Waals surface area contributed by atoms with Crippen molar-refractivity contribution in [3.05, 3.63) is 98.5 Å². The third-order valence-corrected chi connectivity index (χ3v) is 6.74. The topological polar surface area (TPSA) is 24.8 Å². The van der Waals surface area contributed by atoms with Crippen LogP contribution in [-0.4, -0.2) is 10.7 Å². The minimum Gasteiger partial charge on any atom is -0.464 e. The standard InChI is InChI=1S/C26H24BrClN2O/c1-26(2,3)18-8-4-17(5-9-18)25-30-23(21-14-19(27)10-13-24(21)31-25)15-22(29-30)16-6-11-20(28)12-7-16/h4-14,23,25H,15H2,1-3H3/t23-,25-/m1/s1. The summed E-state index contributed by atoms with van der Waals surface area (Å²) in [6.45, 7) is 6.69. The zero-order valence-electron chi connectivity index (χ0n) is 17.8. The monoisotopic (exact) mass is 494 g/mol. The second kappa shape index (κ2) is 7.68. The summed E-state index contributed by atoms with van der Waals surface area (Å²) in [5.41, 5.74) is 5.82. The lowest BCUT2D eigenvalue weighted by atomic mass is 9.86. The van der Waals surface area contributed by atoms with Crippen LogP contribution in [0.3, 0.4) is 0 Å². The third-order valence-electron chi connectivity index (χ3n) is 5.99. The van der Waals surface area contributed by atoms with Gasteiger partial charge in [-0.15, -0.1) is 0 Å². The summed E-state index contributed by atoms with van der Waals surface area (Å²) in [5.74, 6) is 0.918. The highest BCUT2D eigenvalue weighted by molar-refractivity contribution is 9.10. The van der Waals surface area contributed by atoms with Gasteiger partial charge in [-0.1, -0.05) is 84.7 Å².